The van der Waals surface area contributed by atoms with E-state index >= 15 is 0 Å². The van der Waals surface area contributed by atoms with Gasteiger partial charge in [0.1, 0.15) is 17.5 Å². The molecule has 2 rings (SSSR count). The Kier molecular flexibility index (Phi) is 4.68. The summed E-state index contributed by atoms with van der Waals surface area (Å²) in [6, 6.07) is 7.07. The normalized spacial score (nSPS) is 12.4. The zero-order chi connectivity index (χ0) is 14.7. The maximum Gasteiger partial charge on any atom is 0.129 e. The molecule has 0 saturated carbocycles. The number of aliphatic hydroxyl groups is 1. The third-order valence-corrected chi connectivity index (χ3v) is 3.29. The van der Waals surface area contributed by atoms with Gasteiger partial charge in [-0.2, -0.15) is 0 Å². The number of rotatable bonds is 4. The van der Waals surface area contributed by atoms with Crippen LogP contribution < -0.4 is 0 Å². The summed E-state index contributed by atoms with van der Waals surface area (Å²) in [5, 5.41) is 10.1. The number of benzene rings is 2. The lowest BCUT2D eigenvalue weighted by Gasteiger charge is -2.12. The van der Waals surface area contributed by atoms with Gasteiger partial charge in [-0.15, -0.1) is 0 Å². The van der Waals surface area contributed by atoms with Crippen LogP contribution in [0.4, 0.5) is 13.2 Å². The van der Waals surface area contributed by atoms with E-state index in [1.165, 1.54) is 18.2 Å². The molecule has 1 N–H and O–H groups in total. The van der Waals surface area contributed by atoms with Crippen molar-refractivity contribution in [2.24, 2.45) is 0 Å². The Bertz CT molecular complexity index is 563. The maximum atomic E-state index is 13.5. The van der Waals surface area contributed by atoms with E-state index in [4.69, 9.17) is 11.6 Å². The summed E-state index contributed by atoms with van der Waals surface area (Å²) < 4.78 is 39.1. The Morgan fingerprint density at radius 3 is 2.05 bits per heavy atom. The van der Waals surface area contributed by atoms with Crippen molar-refractivity contribution >= 4 is 11.6 Å². The average molecular weight is 301 g/mol. The second kappa shape index (κ2) is 6.29. The molecular formula is C15H12ClF3O. The van der Waals surface area contributed by atoms with E-state index in [9.17, 15) is 18.3 Å². The van der Waals surface area contributed by atoms with Crippen molar-refractivity contribution < 1.29 is 18.3 Å². The molecule has 0 heterocycles. The molecule has 0 aromatic heterocycles. The summed E-state index contributed by atoms with van der Waals surface area (Å²) in [5.74, 6) is -1.82. The van der Waals surface area contributed by atoms with Crippen molar-refractivity contribution in [2.75, 3.05) is 0 Å². The SMILES string of the molecule is OC(Cc1ccc(F)cc1F)Cc1ccc(F)cc1Cl. The van der Waals surface area contributed by atoms with Crippen molar-refractivity contribution in [1.29, 1.82) is 0 Å². The first-order chi connectivity index (χ1) is 9.45. The Morgan fingerprint density at radius 2 is 1.45 bits per heavy atom. The summed E-state index contributed by atoms with van der Waals surface area (Å²) in [4.78, 5) is 0. The van der Waals surface area contributed by atoms with Gasteiger partial charge in [-0.05, 0) is 29.3 Å². The largest absolute Gasteiger partial charge is 0.392 e. The minimum atomic E-state index is -0.891. The summed E-state index contributed by atoms with van der Waals surface area (Å²) in [6.45, 7) is 0. The molecule has 5 heteroatoms. The molecular weight excluding hydrogens is 289 g/mol. The van der Waals surface area contributed by atoms with E-state index in [1.54, 1.807) is 0 Å². The first kappa shape index (κ1) is 14.9. The van der Waals surface area contributed by atoms with Crippen LogP contribution in [0, 0.1) is 17.5 Å². The van der Waals surface area contributed by atoms with Gasteiger partial charge < -0.3 is 5.11 Å². The predicted octanol–water partition coefficient (Wildman–Crippen LogP) is 3.90. The third-order valence-electron chi connectivity index (χ3n) is 2.94. The van der Waals surface area contributed by atoms with E-state index in [0.717, 1.165) is 18.2 Å². The van der Waals surface area contributed by atoms with Crippen LogP contribution in [0.3, 0.4) is 0 Å². The van der Waals surface area contributed by atoms with E-state index < -0.39 is 23.6 Å². The Hall–Kier alpha value is -1.52. The first-order valence-corrected chi connectivity index (χ1v) is 6.39. The molecule has 0 saturated heterocycles. The van der Waals surface area contributed by atoms with Gasteiger partial charge in [0, 0.05) is 23.9 Å². The summed E-state index contributed by atoms with van der Waals surface area (Å²) >= 11 is 5.85. The molecule has 106 valence electrons. The third kappa shape index (κ3) is 3.74. The van der Waals surface area contributed by atoms with E-state index in [-0.39, 0.29) is 23.4 Å². The van der Waals surface area contributed by atoms with Crippen molar-refractivity contribution in [2.45, 2.75) is 18.9 Å². The highest BCUT2D eigenvalue weighted by molar-refractivity contribution is 6.31. The molecule has 0 aliphatic heterocycles. The fourth-order valence-electron chi connectivity index (χ4n) is 1.95. The van der Waals surface area contributed by atoms with Gasteiger partial charge in [-0.25, -0.2) is 13.2 Å². The fraction of sp³-hybridized carbons (Fsp3) is 0.200. The van der Waals surface area contributed by atoms with Crippen molar-refractivity contribution in [3.8, 4) is 0 Å². The van der Waals surface area contributed by atoms with Crippen LogP contribution in [0.5, 0.6) is 0 Å². The molecule has 1 unspecified atom stereocenters. The van der Waals surface area contributed by atoms with Crippen LogP contribution >= 0.6 is 11.6 Å². The van der Waals surface area contributed by atoms with Gasteiger partial charge in [0.05, 0.1) is 6.10 Å². The van der Waals surface area contributed by atoms with Gasteiger partial charge in [0.2, 0.25) is 0 Å². The Balaban J connectivity index is 2.07. The maximum absolute atomic E-state index is 13.5. The lowest BCUT2D eigenvalue weighted by molar-refractivity contribution is 0.174. The highest BCUT2D eigenvalue weighted by Gasteiger charge is 2.13. The van der Waals surface area contributed by atoms with Crippen LogP contribution in [-0.2, 0) is 12.8 Å². The van der Waals surface area contributed by atoms with Gasteiger partial charge in [0.25, 0.3) is 0 Å². The summed E-state index contributed by atoms with van der Waals surface area (Å²) in [5.41, 5.74) is 0.792. The van der Waals surface area contributed by atoms with Crippen LogP contribution in [0.2, 0.25) is 5.02 Å². The molecule has 20 heavy (non-hydrogen) atoms. The van der Waals surface area contributed by atoms with Crippen LogP contribution in [0.25, 0.3) is 0 Å². The summed E-state index contributed by atoms with van der Waals surface area (Å²) in [6.07, 6.45) is -0.701. The quantitative estimate of drug-likeness (QED) is 0.908. The molecule has 0 bridgehead atoms. The molecule has 0 aliphatic rings. The second-order valence-corrected chi connectivity index (χ2v) is 4.94. The molecule has 0 aliphatic carbocycles. The smallest absolute Gasteiger partial charge is 0.129 e. The summed E-state index contributed by atoms with van der Waals surface area (Å²) in [7, 11) is 0. The van der Waals surface area contributed by atoms with E-state index in [0.29, 0.717) is 5.56 Å². The molecule has 0 amide bonds. The lowest BCUT2D eigenvalue weighted by Crippen LogP contribution is -2.15. The van der Waals surface area contributed by atoms with Crippen LogP contribution in [0.15, 0.2) is 36.4 Å². The first-order valence-electron chi connectivity index (χ1n) is 6.01. The van der Waals surface area contributed by atoms with Gasteiger partial charge >= 0.3 is 0 Å². The molecule has 2 aromatic carbocycles. The van der Waals surface area contributed by atoms with Gasteiger partial charge in [0.15, 0.2) is 0 Å². The molecule has 0 fully saturated rings. The lowest BCUT2D eigenvalue weighted by atomic mass is 10.0. The monoisotopic (exact) mass is 300 g/mol. The zero-order valence-electron chi connectivity index (χ0n) is 10.4. The molecule has 1 nitrogen and oxygen atoms in total. The standard InChI is InChI=1S/C15H12ClF3O/c16-14-7-11(17)3-1-9(14)5-13(20)6-10-2-4-12(18)8-15(10)19/h1-4,7-8,13,20H,5-6H2. The van der Waals surface area contributed by atoms with Crippen molar-refractivity contribution in [3.63, 3.8) is 0 Å². The molecule has 1 atom stereocenters. The molecule has 2 aromatic rings. The number of hydrogen-bond acceptors (Lipinski definition) is 1. The van der Waals surface area contributed by atoms with Crippen LogP contribution in [0.1, 0.15) is 11.1 Å². The van der Waals surface area contributed by atoms with Gasteiger partial charge in [-0.1, -0.05) is 23.7 Å². The topological polar surface area (TPSA) is 20.2 Å². The highest BCUT2D eigenvalue weighted by Crippen LogP contribution is 2.20. The second-order valence-electron chi connectivity index (χ2n) is 4.53. The van der Waals surface area contributed by atoms with Crippen molar-refractivity contribution in [1.82, 2.24) is 0 Å². The number of hydrogen-bond donors (Lipinski definition) is 1. The Labute approximate surface area is 119 Å². The minimum absolute atomic E-state index is 0.0276. The van der Waals surface area contributed by atoms with E-state index in [2.05, 4.69) is 0 Å². The fourth-order valence-corrected chi connectivity index (χ4v) is 2.20. The van der Waals surface area contributed by atoms with E-state index in [1.807, 2.05) is 0 Å². The van der Waals surface area contributed by atoms with Crippen LogP contribution in [-0.4, -0.2) is 11.2 Å². The minimum Gasteiger partial charge on any atom is -0.392 e. The predicted molar refractivity (Wildman–Crippen MR) is 71.2 cm³/mol. The molecule has 0 spiro atoms. The van der Waals surface area contributed by atoms with Crippen molar-refractivity contribution in [3.05, 3.63) is 70.0 Å². The average Bonchev–Trinajstić information content (AvgIpc) is 2.36. The number of halogens is 4. The highest BCUT2D eigenvalue weighted by atomic mass is 35.5. The Morgan fingerprint density at radius 1 is 0.900 bits per heavy atom. The zero-order valence-corrected chi connectivity index (χ0v) is 11.2. The van der Waals surface area contributed by atoms with Gasteiger partial charge in [-0.3, -0.25) is 0 Å². The molecule has 0 radical (unpaired) electrons. The number of aliphatic hydroxyl groups excluding tert-OH is 1.